The average Bonchev–Trinajstić information content (AvgIpc) is 2.82. The lowest BCUT2D eigenvalue weighted by molar-refractivity contribution is -0.143. The first-order valence-corrected chi connectivity index (χ1v) is 12.9. The number of nitrogens with zero attached hydrogens (tertiary/aromatic N) is 2. The van der Waals surface area contributed by atoms with Crippen molar-refractivity contribution in [2.45, 2.75) is 77.9 Å². The molecule has 0 spiro atoms. The average molecular weight is 504 g/mol. The number of likely N-dealkylation sites (tertiary alicyclic amines) is 2. The third-order valence-electron chi connectivity index (χ3n) is 6.20. The molecule has 9 nitrogen and oxygen atoms in total. The molecule has 0 aromatic heterocycles. The molecule has 36 heavy (non-hydrogen) atoms. The fraction of sp³-hybridized carbons (Fsp3) is 0.704. The van der Waals surface area contributed by atoms with E-state index in [-0.39, 0.29) is 42.8 Å². The van der Waals surface area contributed by atoms with Crippen molar-refractivity contribution in [3.8, 4) is 12.3 Å². The Kier molecular flexibility index (Phi) is 11.3. The molecule has 200 valence electrons. The highest BCUT2D eigenvalue weighted by molar-refractivity contribution is 5.88. The molecule has 2 heterocycles. The molecule has 2 aliphatic rings. The van der Waals surface area contributed by atoms with Gasteiger partial charge in [0.1, 0.15) is 11.6 Å². The number of hydrogen-bond donors (Lipinski definition) is 1. The summed E-state index contributed by atoms with van der Waals surface area (Å²) in [5, 5.41) is 2.72. The molecule has 2 aliphatic heterocycles. The van der Waals surface area contributed by atoms with E-state index in [4.69, 9.17) is 15.9 Å². The van der Waals surface area contributed by atoms with Crippen molar-refractivity contribution < 1.29 is 28.7 Å². The molecule has 2 rings (SSSR count). The number of carbonyl (C=O) groups excluding carboxylic acids is 4. The molecule has 0 radical (unpaired) electrons. The van der Waals surface area contributed by atoms with E-state index in [0.29, 0.717) is 45.4 Å². The minimum absolute atomic E-state index is 0.0826. The van der Waals surface area contributed by atoms with Gasteiger partial charge in [-0.3, -0.25) is 14.4 Å². The van der Waals surface area contributed by atoms with Crippen molar-refractivity contribution in [1.82, 2.24) is 15.1 Å². The normalized spacial score (nSPS) is 21.4. The van der Waals surface area contributed by atoms with E-state index >= 15 is 0 Å². The van der Waals surface area contributed by atoms with Gasteiger partial charge in [-0.2, -0.15) is 0 Å². The van der Waals surface area contributed by atoms with Gasteiger partial charge in [0, 0.05) is 26.2 Å². The van der Waals surface area contributed by atoms with Crippen molar-refractivity contribution >= 4 is 23.9 Å². The number of piperidine rings is 2. The molecule has 1 N–H and O–H groups in total. The second-order valence-corrected chi connectivity index (χ2v) is 10.4. The van der Waals surface area contributed by atoms with Crippen LogP contribution in [0.3, 0.4) is 0 Å². The maximum absolute atomic E-state index is 12.8. The van der Waals surface area contributed by atoms with Gasteiger partial charge in [0.25, 0.3) is 0 Å². The summed E-state index contributed by atoms with van der Waals surface area (Å²) < 4.78 is 10.4. The van der Waals surface area contributed by atoms with Gasteiger partial charge >= 0.3 is 12.1 Å². The highest BCUT2D eigenvalue weighted by Gasteiger charge is 2.30. The van der Waals surface area contributed by atoms with Gasteiger partial charge in [0.2, 0.25) is 11.8 Å². The van der Waals surface area contributed by atoms with Crippen molar-refractivity contribution in [2.75, 3.05) is 32.8 Å². The van der Waals surface area contributed by atoms with Crippen LogP contribution in [0.5, 0.6) is 0 Å². The second-order valence-electron chi connectivity index (χ2n) is 10.4. The van der Waals surface area contributed by atoms with Crippen molar-refractivity contribution in [1.29, 1.82) is 0 Å². The van der Waals surface area contributed by atoms with Gasteiger partial charge in [-0.1, -0.05) is 12.0 Å². The Hall–Kier alpha value is -3.02. The summed E-state index contributed by atoms with van der Waals surface area (Å²) in [5.74, 6) is 1.46. The summed E-state index contributed by atoms with van der Waals surface area (Å²) in [6, 6.07) is -0.738. The predicted octanol–water partition coefficient (Wildman–Crippen LogP) is 2.89. The Morgan fingerprint density at radius 2 is 1.81 bits per heavy atom. The number of rotatable bonds is 8. The maximum Gasteiger partial charge on any atom is 0.410 e. The van der Waals surface area contributed by atoms with E-state index in [1.807, 2.05) is 26.8 Å². The number of terminal acetylenes is 1. The van der Waals surface area contributed by atoms with E-state index in [9.17, 15) is 19.2 Å². The minimum atomic E-state index is -0.738. The third-order valence-corrected chi connectivity index (χ3v) is 6.20. The molecule has 0 bridgehead atoms. The Morgan fingerprint density at radius 1 is 1.11 bits per heavy atom. The second kappa shape index (κ2) is 13.9. The number of carbonyl (C=O) groups is 4. The molecule has 1 unspecified atom stereocenters. The molecular weight excluding hydrogens is 462 g/mol. The Morgan fingerprint density at radius 3 is 2.47 bits per heavy atom. The largest absolute Gasteiger partial charge is 0.466 e. The van der Waals surface area contributed by atoms with E-state index < -0.39 is 17.6 Å². The fourth-order valence-corrected chi connectivity index (χ4v) is 4.44. The molecular formula is C27H41N3O6. The van der Waals surface area contributed by atoms with Crippen LogP contribution >= 0.6 is 0 Å². The topological polar surface area (TPSA) is 105 Å². The van der Waals surface area contributed by atoms with Gasteiger partial charge in [-0.05, 0) is 71.8 Å². The minimum Gasteiger partial charge on any atom is -0.466 e. The number of nitrogens with one attached hydrogen (secondary N) is 1. The van der Waals surface area contributed by atoms with Crippen LogP contribution in [0, 0.1) is 24.2 Å². The van der Waals surface area contributed by atoms with Gasteiger partial charge < -0.3 is 24.6 Å². The van der Waals surface area contributed by atoms with E-state index in [1.54, 1.807) is 22.8 Å². The third kappa shape index (κ3) is 9.92. The molecule has 0 aromatic carbocycles. The van der Waals surface area contributed by atoms with Crippen LogP contribution in [0.2, 0.25) is 0 Å². The predicted molar refractivity (Wildman–Crippen MR) is 136 cm³/mol. The molecule has 0 aromatic rings. The molecule has 3 amide bonds. The molecule has 0 aliphatic carbocycles. The van der Waals surface area contributed by atoms with Gasteiger partial charge in [-0.15, -0.1) is 6.42 Å². The number of hydrogen-bond acceptors (Lipinski definition) is 6. The smallest absolute Gasteiger partial charge is 0.410 e. The highest BCUT2D eigenvalue weighted by atomic mass is 16.6. The van der Waals surface area contributed by atoms with E-state index in [0.717, 1.165) is 12.8 Å². The van der Waals surface area contributed by atoms with E-state index in [1.165, 1.54) is 0 Å². The lowest BCUT2D eigenvalue weighted by Crippen LogP contribution is -2.47. The lowest BCUT2D eigenvalue weighted by Gasteiger charge is -2.34. The Labute approximate surface area is 214 Å². The zero-order valence-electron chi connectivity index (χ0n) is 22.1. The summed E-state index contributed by atoms with van der Waals surface area (Å²) in [7, 11) is 0. The SMILES string of the molecule is C#C[C@H](CC(=O)OCC)NC(=O)[C@@H]1CCCN(C(=O)/C=C/CC2CCCN(C(=O)OC(C)(C)C)C2)C1. The van der Waals surface area contributed by atoms with Crippen LogP contribution in [-0.4, -0.2) is 78.1 Å². The highest BCUT2D eigenvalue weighted by Crippen LogP contribution is 2.22. The first kappa shape index (κ1) is 29.2. The first-order chi connectivity index (χ1) is 17.0. The van der Waals surface area contributed by atoms with Crippen LogP contribution in [0.15, 0.2) is 12.2 Å². The van der Waals surface area contributed by atoms with Gasteiger partial charge in [0.15, 0.2) is 0 Å². The van der Waals surface area contributed by atoms with Crippen LogP contribution in [-0.2, 0) is 23.9 Å². The fourth-order valence-electron chi connectivity index (χ4n) is 4.44. The molecule has 2 fully saturated rings. The first-order valence-electron chi connectivity index (χ1n) is 12.9. The Balaban J connectivity index is 1.82. The number of allylic oxidation sites excluding steroid dienone is 1. The number of esters is 1. The van der Waals surface area contributed by atoms with Crippen LogP contribution in [0.1, 0.15) is 66.2 Å². The molecule has 0 saturated carbocycles. The van der Waals surface area contributed by atoms with Crippen molar-refractivity contribution in [3.63, 3.8) is 0 Å². The summed E-state index contributed by atoms with van der Waals surface area (Å²) in [5.41, 5.74) is -0.526. The standard InChI is InChI=1S/C27H41N3O6/c1-6-22(17-24(32)35-7-2)28-25(33)21-13-10-15-29(19-21)23(31)14-8-11-20-12-9-16-30(18-20)26(34)36-27(3,4)5/h1,8,14,20-22H,7,9-13,15-19H2,2-5H3,(H,28,33)/b14-8+/t20?,21-,22-/m1/s1. The van der Waals surface area contributed by atoms with E-state index in [2.05, 4.69) is 11.2 Å². The molecule has 3 atom stereocenters. The monoisotopic (exact) mass is 503 g/mol. The van der Waals surface area contributed by atoms with Crippen molar-refractivity contribution in [3.05, 3.63) is 12.2 Å². The zero-order valence-corrected chi connectivity index (χ0v) is 22.1. The summed E-state index contributed by atoms with van der Waals surface area (Å²) in [6.45, 7) is 9.71. The lowest BCUT2D eigenvalue weighted by atomic mass is 9.94. The number of ether oxygens (including phenoxy) is 2. The summed E-state index contributed by atoms with van der Waals surface area (Å²) in [6.07, 6.45) is 12.5. The maximum atomic E-state index is 12.8. The van der Waals surface area contributed by atoms with Crippen LogP contribution in [0.4, 0.5) is 4.79 Å². The van der Waals surface area contributed by atoms with Crippen LogP contribution in [0.25, 0.3) is 0 Å². The van der Waals surface area contributed by atoms with Crippen molar-refractivity contribution in [2.24, 2.45) is 11.8 Å². The van der Waals surface area contributed by atoms with Gasteiger partial charge in [0.05, 0.1) is 18.9 Å². The molecule has 9 heteroatoms. The quantitative estimate of drug-likeness (QED) is 0.310. The zero-order chi connectivity index (χ0) is 26.7. The summed E-state index contributed by atoms with van der Waals surface area (Å²) >= 11 is 0. The van der Waals surface area contributed by atoms with Gasteiger partial charge in [-0.25, -0.2) is 4.79 Å². The molecule has 2 saturated heterocycles. The number of amides is 3. The Bertz CT molecular complexity index is 857. The summed E-state index contributed by atoms with van der Waals surface area (Å²) in [4.78, 5) is 52.9. The van der Waals surface area contributed by atoms with Crippen LogP contribution < -0.4 is 5.32 Å².